The Morgan fingerprint density at radius 1 is 0.946 bits per heavy atom. The topological polar surface area (TPSA) is 142 Å². The van der Waals surface area contributed by atoms with Gasteiger partial charge >= 0.3 is 0 Å². The number of benzene rings is 3. The van der Waals surface area contributed by atoms with Gasteiger partial charge in [0.15, 0.2) is 11.5 Å². The van der Waals surface area contributed by atoms with Crippen molar-refractivity contribution in [2.45, 2.75) is 13.2 Å². The fraction of sp³-hybridized carbons (Fsp3) is 0.120. The Labute approximate surface area is 214 Å². The van der Waals surface area contributed by atoms with Gasteiger partial charge in [-0.05, 0) is 53.2 Å². The van der Waals surface area contributed by atoms with E-state index in [1.165, 1.54) is 43.5 Å². The molecule has 2 amide bonds. The highest BCUT2D eigenvalue weighted by molar-refractivity contribution is 8.18. The summed E-state index contributed by atoms with van der Waals surface area (Å²) in [4.78, 5) is 47.6. The van der Waals surface area contributed by atoms with Gasteiger partial charge in [-0.25, -0.2) is 0 Å². The third-order valence-corrected chi connectivity index (χ3v) is 6.32. The van der Waals surface area contributed by atoms with Crippen molar-refractivity contribution in [3.63, 3.8) is 0 Å². The summed E-state index contributed by atoms with van der Waals surface area (Å²) >= 11 is 0.747. The number of thioether (sulfide) groups is 1. The third-order valence-electron chi connectivity index (χ3n) is 5.42. The van der Waals surface area contributed by atoms with Gasteiger partial charge in [-0.15, -0.1) is 0 Å². The van der Waals surface area contributed by atoms with E-state index in [1.54, 1.807) is 36.4 Å². The van der Waals surface area contributed by atoms with Gasteiger partial charge in [0.25, 0.3) is 22.5 Å². The Kier molecular flexibility index (Phi) is 7.49. The average Bonchev–Trinajstić information content (AvgIpc) is 3.15. The molecule has 1 aliphatic rings. The van der Waals surface area contributed by atoms with E-state index < -0.39 is 21.0 Å². The highest BCUT2D eigenvalue weighted by Gasteiger charge is 2.36. The first-order chi connectivity index (χ1) is 17.8. The number of rotatable bonds is 9. The smallest absolute Gasteiger partial charge is 0.293 e. The van der Waals surface area contributed by atoms with Crippen molar-refractivity contribution in [2.24, 2.45) is 0 Å². The molecule has 1 fully saturated rings. The monoisotopic (exact) mass is 521 g/mol. The Balaban J connectivity index is 1.48. The Hall–Kier alpha value is -4.71. The van der Waals surface area contributed by atoms with Gasteiger partial charge < -0.3 is 9.47 Å². The van der Waals surface area contributed by atoms with E-state index in [0.29, 0.717) is 17.1 Å². The van der Waals surface area contributed by atoms with E-state index in [2.05, 4.69) is 0 Å². The molecule has 4 rings (SSSR count). The highest BCUT2D eigenvalue weighted by Crippen LogP contribution is 2.36. The molecule has 0 saturated carbocycles. The molecule has 0 aromatic heterocycles. The van der Waals surface area contributed by atoms with Gasteiger partial charge in [0, 0.05) is 23.8 Å². The fourth-order valence-electron chi connectivity index (χ4n) is 3.55. The fourth-order valence-corrected chi connectivity index (χ4v) is 4.39. The molecule has 1 saturated heterocycles. The molecule has 1 aliphatic heterocycles. The summed E-state index contributed by atoms with van der Waals surface area (Å²) in [6.45, 7) is -0.0594. The number of hydrogen-bond donors (Lipinski definition) is 0. The normalized spacial score (nSPS) is 14.2. The zero-order chi connectivity index (χ0) is 26.5. The maximum absolute atomic E-state index is 12.9. The molecule has 3 aromatic carbocycles. The Morgan fingerprint density at radius 3 is 2.35 bits per heavy atom. The zero-order valence-electron chi connectivity index (χ0n) is 19.4. The van der Waals surface area contributed by atoms with Gasteiger partial charge in [0.2, 0.25) is 0 Å². The molecule has 3 aromatic rings. The number of carbonyl (C=O) groups excluding carboxylic acids is 2. The van der Waals surface area contributed by atoms with Crippen molar-refractivity contribution in [3.8, 4) is 11.5 Å². The first-order valence-corrected chi connectivity index (χ1v) is 11.6. The number of methoxy groups -OCH3 is 1. The lowest BCUT2D eigenvalue weighted by molar-refractivity contribution is -0.385. The van der Waals surface area contributed by atoms with Crippen LogP contribution in [0.1, 0.15) is 16.7 Å². The van der Waals surface area contributed by atoms with Crippen molar-refractivity contribution < 1.29 is 28.9 Å². The molecule has 0 bridgehead atoms. The standard InChI is InChI=1S/C25H19N3O8S/c1-35-22-12-17(8-11-21(22)36-15-16-6-9-19(10-7-16)27(31)32)13-23-24(29)26(25(30)37-23)14-18-4-2-3-5-20(18)28(33)34/h2-13H,14-15H2,1H3/b23-13-. The number of imide groups is 1. The van der Waals surface area contributed by atoms with Crippen LogP contribution in [0.4, 0.5) is 16.2 Å². The summed E-state index contributed by atoms with van der Waals surface area (Å²) in [5.41, 5.74) is 1.38. The molecule has 0 aliphatic carbocycles. The molecule has 0 N–H and O–H groups in total. The van der Waals surface area contributed by atoms with Crippen LogP contribution in [0.15, 0.2) is 71.6 Å². The summed E-state index contributed by atoms with van der Waals surface area (Å²) < 4.78 is 11.2. The average molecular weight is 522 g/mol. The minimum absolute atomic E-state index is 0.0166. The molecule has 0 unspecified atom stereocenters. The van der Waals surface area contributed by atoms with E-state index in [4.69, 9.17) is 9.47 Å². The molecule has 1 heterocycles. The maximum atomic E-state index is 12.9. The SMILES string of the molecule is COc1cc(/C=C2\SC(=O)N(Cc3ccccc3[N+](=O)[O-])C2=O)ccc1OCc1ccc([N+](=O)[O-])cc1. The number of nitro benzene ring substituents is 2. The second-order valence-electron chi connectivity index (χ2n) is 7.78. The van der Waals surface area contributed by atoms with Gasteiger partial charge in [0.05, 0.1) is 28.4 Å². The number of amides is 2. The molecule has 11 nitrogen and oxygen atoms in total. The number of non-ortho nitro benzene ring substituents is 1. The molecule has 0 spiro atoms. The molecule has 12 heteroatoms. The highest BCUT2D eigenvalue weighted by atomic mass is 32.2. The number of nitrogens with zero attached hydrogens (tertiary/aromatic N) is 3. The molecule has 0 radical (unpaired) electrons. The first-order valence-electron chi connectivity index (χ1n) is 10.8. The molecule has 0 atom stereocenters. The van der Waals surface area contributed by atoms with E-state index in [1.807, 2.05) is 0 Å². The predicted molar refractivity (Wildman–Crippen MR) is 135 cm³/mol. The van der Waals surface area contributed by atoms with Crippen LogP contribution < -0.4 is 9.47 Å². The van der Waals surface area contributed by atoms with E-state index in [0.717, 1.165) is 22.2 Å². The van der Waals surface area contributed by atoms with Gasteiger partial charge in [-0.1, -0.05) is 24.3 Å². The van der Waals surface area contributed by atoms with E-state index >= 15 is 0 Å². The van der Waals surface area contributed by atoms with Crippen molar-refractivity contribution in [3.05, 3.63) is 109 Å². The van der Waals surface area contributed by atoms with Crippen LogP contribution in [0.2, 0.25) is 0 Å². The Morgan fingerprint density at radius 2 is 1.68 bits per heavy atom. The summed E-state index contributed by atoms with van der Waals surface area (Å²) in [5.74, 6) is 0.253. The number of para-hydroxylation sites is 1. The molecule has 37 heavy (non-hydrogen) atoms. The Bertz CT molecular complexity index is 1420. The van der Waals surface area contributed by atoms with Crippen LogP contribution in [0.5, 0.6) is 11.5 Å². The lowest BCUT2D eigenvalue weighted by atomic mass is 10.1. The quantitative estimate of drug-likeness (QED) is 0.207. The second kappa shape index (κ2) is 10.9. The largest absolute Gasteiger partial charge is 0.493 e. The number of ether oxygens (including phenoxy) is 2. The van der Waals surface area contributed by atoms with Crippen molar-refractivity contribution in [1.82, 2.24) is 4.90 Å². The number of nitro groups is 2. The van der Waals surface area contributed by atoms with Crippen molar-refractivity contribution in [2.75, 3.05) is 7.11 Å². The van der Waals surface area contributed by atoms with Crippen LogP contribution in [0.3, 0.4) is 0 Å². The summed E-state index contributed by atoms with van der Waals surface area (Å²) in [6.07, 6.45) is 1.53. The van der Waals surface area contributed by atoms with Crippen molar-refractivity contribution >= 4 is 40.4 Å². The number of hydrogen-bond acceptors (Lipinski definition) is 9. The summed E-state index contributed by atoms with van der Waals surface area (Å²) in [7, 11) is 1.46. The number of carbonyl (C=O) groups is 2. The van der Waals surface area contributed by atoms with Crippen LogP contribution in [0.25, 0.3) is 6.08 Å². The van der Waals surface area contributed by atoms with E-state index in [9.17, 15) is 29.8 Å². The maximum Gasteiger partial charge on any atom is 0.293 e. The predicted octanol–water partition coefficient (Wildman–Crippen LogP) is 5.33. The van der Waals surface area contributed by atoms with Gasteiger partial charge in [0.1, 0.15) is 6.61 Å². The second-order valence-corrected chi connectivity index (χ2v) is 8.77. The molecular formula is C25H19N3O8S. The van der Waals surface area contributed by atoms with Crippen LogP contribution >= 0.6 is 11.8 Å². The van der Waals surface area contributed by atoms with Crippen LogP contribution in [0, 0.1) is 20.2 Å². The molecular weight excluding hydrogens is 502 g/mol. The molecule has 188 valence electrons. The van der Waals surface area contributed by atoms with Crippen molar-refractivity contribution in [1.29, 1.82) is 0 Å². The lowest BCUT2D eigenvalue weighted by Gasteiger charge is -2.12. The zero-order valence-corrected chi connectivity index (χ0v) is 20.2. The van der Waals surface area contributed by atoms with Gasteiger partial charge in [-0.2, -0.15) is 0 Å². The van der Waals surface area contributed by atoms with E-state index in [-0.39, 0.29) is 35.0 Å². The van der Waals surface area contributed by atoms with Crippen LogP contribution in [-0.2, 0) is 17.9 Å². The minimum atomic E-state index is -0.554. The third kappa shape index (κ3) is 5.76. The first kappa shape index (κ1) is 25.4. The summed E-state index contributed by atoms with van der Waals surface area (Å²) in [5, 5.41) is 21.5. The minimum Gasteiger partial charge on any atom is -0.493 e. The summed E-state index contributed by atoms with van der Waals surface area (Å²) in [6, 6.07) is 16.9. The lowest BCUT2D eigenvalue weighted by Crippen LogP contribution is -2.27. The van der Waals surface area contributed by atoms with Gasteiger partial charge in [-0.3, -0.25) is 34.7 Å². The van der Waals surface area contributed by atoms with Crippen LogP contribution in [-0.4, -0.2) is 33.0 Å².